The topological polar surface area (TPSA) is 56.0 Å². The molecule has 0 N–H and O–H groups in total. The molecule has 0 saturated heterocycles. The number of hydrogen-bond donors (Lipinski definition) is 0. The van der Waals surface area contributed by atoms with E-state index in [0.29, 0.717) is 0 Å². The molecule has 0 spiro atoms. The van der Waals surface area contributed by atoms with Crippen LogP contribution in [0.1, 0.15) is 24.5 Å². The van der Waals surface area contributed by atoms with Crippen molar-refractivity contribution in [3.63, 3.8) is 0 Å². The first-order chi connectivity index (χ1) is 4.72. The molecule has 10 heavy (non-hydrogen) atoms. The van der Waals surface area contributed by atoms with Crippen molar-refractivity contribution in [3.8, 4) is 0 Å². The van der Waals surface area contributed by atoms with Crippen LogP contribution in [-0.2, 0) is 0 Å². The van der Waals surface area contributed by atoms with Crippen LogP contribution >= 0.6 is 0 Å². The lowest BCUT2D eigenvalue weighted by molar-refractivity contribution is 0.0895. The maximum absolute atomic E-state index is 11.0. The van der Waals surface area contributed by atoms with Gasteiger partial charge in [-0.1, -0.05) is 19.0 Å². The van der Waals surface area contributed by atoms with E-state index < -0.39 is 0 Å². The standard InChI is InChI=1S/C6H8N2O2/c1-4(2)5(9)6-7-3-8-10-6/h3-4H,1-2H3. The lowest BCUT2D eigenvalue weighted by Gasteiger charge is -1.94. The molecule has 4 nitrogen and oxygen atoms in total. The Morgan fingerprint density at radius 3 is 2.80 bits per heavy atom. The molecule has 1 aromatic rings. The molecule has 4 heteroatoms. The van der Waals surface area contributed by atoms with E-state index in [1.807, 2.05) is 0 Å². The molecule has 1 aromatic heterocycles. The van der Waals surface area contributed by atoms with E-state index in [4.69, 9.17) is 0 Å². The number of Topliss-reactive ketones (excluding diaryl/α,β-unsaturated/α-hetero) is 1. The van der Waals surface area contributed by atoms with Gasteiger partial charge in [-0.15, -0.1) is 0 Å². The number of nitrogens with zero attached hydrogens (tertiary/aromatic N) is 2. The minimum Gasteiger partial charge on any atom is -0.331 e. The van der Waals surface area contributed by atoms with Gasteiger partial charge in [0.15, 0.2) is 6.33 Å². The molecule has 54 valence electrons. The minimum atomic E-state index is -0.113. The average molecular weight is 140 g/mol. The maximum atomic E-state index is 11.0. The quantitative estimate of drug-likeness (QED) is 0.573. The van der Waals surface area contributed by atoms with Gasteiger partial charge in [-0.25, -0.2) is 0 Å². The van der Waals surface area contributed by atoms with Gasteiger partial charge in [0.1, 0.15) is 0 Å². The molecular weight excluding hydrogens is 132 g/mol. The molecule has 1 heterocycles. The summed E-state index contributed by atoms with van der Waals surface area (Å²) < 4.78 is 4.55. The Kier molecular flexibility index (Phi) is 1.80. The van der Waals surface area contributed by atoms with Crippen molar-refractivity contribution < 1.29 is 9.32 Å². The summed E-state index contributed by atoms with van der Waals surface area (Å²) in [6, 6.07) is 0. The number of aromatic nitrogens is 2. The molecule has 0 aliphatic rings. The van der Waals surface area contributed by atoms with Gasteiger partial charge in [0.2, 0.25) is 5.78 Å². The summed E-state index contributed by atoms with van der Waals surface area (Å²) in [6.07, 6.45) is 1.22. The first-order valence-electron chi connectivity index (χ1n) is 3.02. The molecule has 0 radical (unpaired) electrons. The Morgan fingerprint density at radius 1 is 1.70 bits per heavy atom. The third-order valence-electron chi connectivity index (χ3n) is 1.10. The van der Waals surface area contributed by atoms with Gasteiger partial charge < -0.3 is 4.52 Å². The van der Waals surface area contributed by atoms with Crippen LogP contribution in [0, 0.1) is 5.92 Å². The molecule has 0 saturated carbocycles. The van der Waals surface area contributed by atoms with Gasteiger partial charge in [0.05, 0.1) is 0 Å². The summed E-state index contributed by atoms with van der Waals surface area (Å²) in [4.78, 5) is 14.6. The van der Waals surface area contributed by atoms with Crippen LogP contribution in [0.4, 0.5) is 0 Å². The number of ketones is 1. The lowest BCUT2D eigenvalue weighted by atomic mass is 10.1. The van der Waals surface area contributed by atoms with Gasteiger partial charge in [0.25, 0.3) is 5.89 Å². The SMILES string of the molecule is CC(C)C(=O)c1ncno1. The molecule has 0 amide bonds. The first kappa shape index (κ1) is 6.92. The fraction of sp³-hybridized carbons (Fsp3) is 0.500. The molecule has 1 rings (SSSR count). The Hall–Kier alpha value is -1.19. The van der Waals surface area contributed by atoms with Crippen LogP contribution in [0.5, 0.6) is 0 Å². The zero-order valence-corrected chi connectivity index (χ0v) is 5.87. The second-order valence-electron chi connectivity index (χ2n) is 2.27. The Morgan fingerprint density at radius 2 is 2.40 bits per heavy atom. The predicted molar refractivity (Wildman–Crippen MR) is 33.5 cm³/mol. The summed E-state index contributed by atoms with van der Waals surface area (Å²) in [6.45, 7) is 3.57. The molecule has 0 atom stereocenters. The molecule has 0 fully saturated rings. The summed E-state index contributed by atoms with van der Waals surface area (Å²) in [5.41, 5.74) is 0. The molecule has 0 aliphatic carbocycles. The second-order valence-corrected chi connectivity index (χ2v) is 2.27. The molecule has 0 bridgehead atoms. The van der Waals surface area contributed by atoms with Crippen molar-refractivity contribution in [2.75, 3.05) is 0 Å². The van der Waals surface area contributed by atoms with Crippen LogP contribution in [0.25, 0.3) is 0 Å². The van der Waals surface area contributed by atoms with Crippen LogP contribution in [0.2, 0.25) is 0 Å². The predicted octanol–water partition coefficient (Wildman–Crippen LogP) is 0.908. The minimum absolute atomic E-state index is 0.0829. The highest BCUT2D eigenvalue weighted by molar-refractivity contribution is 5.92. The number of carbonyl (C=O) groups excluding carboxylic acids is 1. The Labute approximate surface area is 58.2 Å². The summed E-state index contributed by atoms with van der Waals surface area (Å²) in [5, 5.41) is 3.32. The van der Waals surface area contributed by atoms with Crippen molar-refractivity contribution >= 4 is 5.78 Å². The lowest BCUT2D eigenvalue weighted by Crippen LogP contribution is -2.07. The van der Waals surface area contributed by atoms with E-state index >= 15 is 0 Å². The average Bonchev–Trinajstić information content (AvgIpc) is 2.36. The molecular formula is C6H8N2O2. The van der Waals surface area contributed by atoms with E-state index in [0.717, 1.165) is 0 Å². The highest BCUT2D eigenvalue weighted by Gasteiger charge is 2.14. The van der Waals surface area contributed by atoms with Crippen LogP contribution in [0.15, 0.2) is 10.9 Å². The third kappa shape index (κ3) is 1.21. The normalized spacial score (nSPS) is 10.3. The first-order valence-corrected chi connectivity index (χ1v) is 3.02. The third-order valence-corrected chi connectivity index (χ3v) is 1.10. The largest absolute Gasteiger partial charge is 0.331 e. The van der Waals surface area contributed by atoms with Crippen molar-refractivity contribution in [2.45, 2.75) is 13.8 Å². The van der Waals surface area contributed by atoms with Crippen molar-refractivity contribution in [1.82, 2.24) is 10.1 Å². The van der Waals surface area contributed by atoms with Crippen LogP contribution in [-0.4, -0.2) is 15.9 Å². The maximum Gasteiger partial charge on any atom is 0.293 e. The Balaban J connectivity index is 2.78. The molecule has 0 unspecified atom stereocenters. The fourth-order valence-electron chi connectivity index (χ4n) is 0.529. The molecule has 0 aliphatic heterocycles. The van der Waals surface area contributed by atoms with Crippen LogP contribution in [0.3, 0.4) is 0 Å². The van der Waals surface area contributed by atoms with Gasteiger partial charge in [-0.2, -0.15) is 4.98 Å². The zero-order chi connectivity index (χ0) is 7.56. The fourth-order valence-corrected chi connectivity index (χ4v) is 0.529. The smallest absolute Gasteiger partial charge is 0.293 e. The van der Waals surface area contributed by atoms with Crippen LogP contribution < -0.4 is 0 Å². The zero-order valence-electron chi connectivity index (χ0n) is 5.87. The van der Waals surface area contributed by atoms with E-state index in [2.05, 4.69) is 14.7 Å². The van der Waals surface area contributed by atoms with Gasteiger partial charge >= 0.3 is 0 Å². The monoisotopic (exact) mass is 140 g/mol. The van der Waals surface area contributed by atoms with Gasteiger partial charge in [-0.3, -0.25) is 4.79 Å². The Bertz CT molecular complexity index is 216. The second kappa shape index (κ2) is 2.60. The van der Waals surface area contributed by atoms with Crippen molar-refractivity contribution in [3.05, 3.63) is 12.2 Å². The van der Waals surface area contributed by atoms with Gasteiger partial charge in [-0.05, 0) is 0 Å². The summed E-state index contributed by atoms with van der Waals surface area (Å²) >= 11 is 0. The number of rotatable bonds is 2. The highest BCUT2D eigenvalue weighted by atomic mass is 16.5. The van der Waals surface area contributed by atoms with E-state index in [1.165, 1.54) is 6.33 Å². The number of carbonyl (C=O) groups is 1. The van der Waals surface area contributed by atoms with Gasteiger partial charge in [0, 0.05) is 5.92 Å². The van der Waals surface area contributed by atoms with Crippen molar-refractivity contribution in [2.24, 2.45) is 5.92 Å². The summed E-state index contributed by atoms with van der Waals surface area (Å²) in [5.74, 6) is -0.104. The van der Waals surface area contributed by atoms with E-state index in [-0.39, 0.29) is 17.6 Å². The molecule has 0 aromatic carbocycles. The number of hydrogen-bond acceptors (Lipinski definition) is 4. The van der Waals surface area contributed by atoms with E-state index in [1.54, 1.807) is 13.8 Å². The van der Waals surface area contributed by atoms with E-state index in [9.17, 15) is 4.79 Å². The highest BCUT2D eigenvalue weighted by Crippen LogP contribution is 2.02. The summed E-state index contributed by atoms with van der Waals surface area (Å²) in [7, 11) is 0. The van der Waals surface area contributed by atoms with Crippen molar-refractivity contribution in [1.29, 1.82) is 0 Å².